The van der Waals surface area contributed by atoms with Crippen LogP contribution >= 0.6 is 15.8 Å². The fourth-order valence-electron chi connectivity index (χ4n) is 10.1. The molecule has 11 heteroatoms. The fraction of sp³-hybridized carbons (Fsp3) is 0.927. The van der Waals surface area contributed by atoms with Crippen molar-refractivity contribution in [3.8, 4) is 12.1 Å². The molecule has 6 saturated carbocycles. The van der Waals surface area contributed by atoms with Gasteiger partial charge in [0.25, 0.3) is 0 Å². The Morgan fingerprint density at radius 1 is 0.404 bits per heavy atom. The molecule has 0 aliphatic heterocycles. The fourth-order valence-corrected chi connectivity index (χ4v) is 19.4. The molecule has 0 aromatic carbocycles. The zero-order valence-corrected chi connectivity index (χ0v) is 36.3. The Bertz CT molecular complexity index is 772. The quantitative estimate of drug-likeness (QED) is 0.0878. The summed E-state index contributed by atoms with van der Waals surface area (Å²) in [5.41, 5.74) is 7.14. The predicted molar refractivity (Wildman–Crippen MR) is 212 cm³/mol. The third-order valence-electron chi connectivity index (χ3n) is 12.0. The predicted octanol–water partition coefficient (Wildman–Crippen LogP) is 15.3. The van der Waals surface area contributed by atoms with E-state index in [4.69, 9.17) is 15.2 Å². The maximum absolute atomic E-state index is 9.75. The number of hydrogen-bond acceptors (Lipinski definition) is 2. The van der Waals surface area contributed by atoms with E-state index in [0.29, 0.717) is 15.8 Å². The normalized spacial score (nSPS) is 22.6. The van der Waals surface area contributed by atoms with E-state index in [0.717, 1.165) is 0 Å². The van der Waals surface area contributed by atoms with Gasteiger partial charge in [-0.2, -0.15) is 10.5 Å². The first kappa shape index (κ1) is 52.0. The van der Waals surface area contributed by atoms with Crippen molar-refractivity contribution >= 4 is 23.1 Å². The monoisotopic (exact) mass is 859 g/mol. The summed E-state index contributed by atoms with van der Waals surface area (Å²) in [5, 5.41) is 14.6. The molecule has 0 aromatic heterocycles. The summed E-state index contributed by atoms with van der Waals surface area (Å²) in [7, 11) is -5.23. The second-order valence-corrected chi connectivity index (χ2v) is 21.8. The first-order valence-electron chi connectivity index (χ1n) is 21.0. The van der Waals surface area contributed by atoms with Crippen LogP contribution in [-0.4, -0.2) is 41.2 Å². The van der Waals surface area contributed by atoms with Gasteiger partial charge in [-0.15, -0.1) is 0 Å². The van der Waals surface area contributed by atoms with Crippen molar-refractivity contribution in [1.82, 2.24) is 0 Å². The second kappa shape index (κ2) is 33.2. The number of halogens is 4. The Hall–Kier alpha value is -0.0117. The third-order valence-corrected chi connectivity index (χ3v) is 20.1. The summed E-state index contributed by atoms with van der Waals surface area (Å²) in [6.07, 6.45) is 47.2. The van der Waals surface area contributed by atoms with Crippen LogP contribution in [0.15, 0.2) is 0 Å². The van der Waals surface area contributed by atoms with Gasteiger partial charge >= 0.3 is 38.0 Å². The van der Waals surface area contributed by atoms with Gasteiger partial charge in [0.15, 0.2) is 0 Å². The molecule has 0 N–H and O–H groups in total. The summed E-state index contributed by atoms with van der Waals surface area (Å²) in [4.78, 5) is 0. The SMILES string of the molecule is C1CCC(P(C2CCCCC2)C2CCCCC2)CC1.C1CCC(P(C2CCCCC2)C2CCCCC2)CC1.CC#N.CC#N.F[B-](F)(F)F.[C-]#[O+].[Ru+]. The molecule has 0 bridgehead atoms. The Morgan fingerprint density at radius 2 is 0.500 bits per heavy atom. The molecule has 1 radical (unpaired) electrons. The zero-order valence-electron chi connectivity index (χ0n) is 32.8. The van der Waals surface area contributed by atoms with E-state index in [1.807, 2.05) is 0 Å². The summed E-state index contributed by atoms with van der Waals surface area (Å²) >= 11 is 0. The van der Waals surface area contributed by atoms with Gasteiger partial charge in [-0.05, 0) is 111 Å². The largest absolute Gasteiger partial charge is 1.00 e. The van der Waals surface area contributed by atoms with E-state index in [1.54, 1.807) is 166 Å². The Morgan fingerprint density at radius 3 is 0.596 bits per heavy atom. The molecule has 0 atom stereocenters. The van der Waals surface area contributed by atoms with Crippen molar-refractivity contribution in [2.45, 2.75) is 240 Å². The molecule has 52 heavy (non-hydrogen) atoms. The van der Waals surface area contributed by atoms with Crippen LogP contribution in [0.4, 0.5) is 17.3 Å². The average molecular weight is 859 g/mol. The Balaban J connectivity index is 0.000000744. The average Bonchev–Trinajstić information content (AvgIpc) is 3.16. The molecule has 0 heterocycles. The molecule has 0 saturated heterocycles. The van der Waals surface area contributed by atoms with Crippen LogP contribution in [-0.2, 0) is 24.1 Å². The van der Waals surface area contributed by atoms with Crippen molar-refractivity contribution < 1.29 is 41.4 Å². The van der Waals surface area contributed by atoms with Crippen LogP contribution in [0.2, 0.25) is 0 Å². The van der Waals surface area contributed by atoms with Crippen molar-refractivity contribution in [3.63, 3.8) is 0 Å². The maximum Gasteiger partial charge on any atom is 1.00 e. The van der Waals surface area contributed by atoms with E-state index < -0.39 is 7.25 Å². The van der Waals surface area contributed by atoms with Gasteiger partial charge in [-0.3, -0.25) is 0 Å². The van der Waals surface area contributed by atoms with E-state index in [2.05, 4.69) is 6.65 Å². The van der Waals surface area contributed by atoms with E-state index in [9.17, 15) is 17.3 Å². The van der Waals surface area contributed by atoms with Crippen LogP contribution in [0, 0.1) is 29.3 Å². The van der Waals surface area contributed by atoms with E-state index >= 15 is 0 Å². The molecule has 6 aliphatic carbocycles. The molecule has 0 aromatic rings. The molecule has 6 rings (SSSR count). The topological polar surface area (TPSA) is 67.5 Å². The van der Waals surface area contributed by atoms with Crippen LogP contribution in [0.3, 0.4) is 0 Å². The van der Waals surface area contributed by atoms with Gasteiger partial charge in [0, 0.05) is 13.8 Å². The molecule has 301 valence electrons. The number of hydrogen-bond donors (Lipinski definition) is 0. The minimum Gasteiger partial charge on any atom is 1.00 e. The number of nitriles is 2. The van der Waals surface area contributed by atoms with Gasteiger partial charge in [0.2, 0.25) is 0 Å². The van der Waals surface area contributed by atoms with E-state index in [1.165, 1.54) is 86.3 Å². The molecular formula is C41H72BF4N2OP2Ru. The molecule has 0 spiro atoms. The zero-order chi connectivity index (χ0) is 37.7. The van der Waals surface area contributed by atoms with Gasteiger partial charge in [0.05, 0.1) is 12.1 Å². The Kier molecular flexibility index (Phi) is 33.2. The third kappa shape index (κ3) is 23.1. The standard InChI is InChI=1S/2C18H33P.2C2H3N.CO.BF4.Ru/c2*1-4-10-16(11-5-1)19(17-12-6-2-7-13-17)18-14-8-3-9-15-18;2*1-2-3;1-2;2-1(3,4)5;/h2*16-18H,1-15H2;2*1H3;;;/q;;;;;-1;+1. The maximum atomic E-state index is 9.75. The number of rotatable bonds is 6. The minimum atomic E-state index is -6.00. The van der Waals surface area contributed by atoms with Gasteiger partial charge in [0.1, 0.15) is 0 Å². The van der Waals surface area contributed by atoms with Crippen LogP contribution in [0.1, 0.15) is 206 Å². The summed E-state index contributed by atoms with van der Waals surface area (Å²) in [6, 6.07) is 3.50. The van der Waals surface area contributed by atoms with Crippen molar-refractivity contribution in [1.29, 1.82) is 10.5 Å². The van der Waals surface area contributed by atoms with E-state index in [-0.39, 0.29) is 19.5 Å². The van der Waals surface area contributed by atoms with Crippen molar-refractivity contribution in [2.75, 3.05) is 0 Å². The molecule has 0 unspecified atom stereocenters. The van der Waals surface area contributed by atoms with Crippen LogP contribution < -0.4 is 0 Å². The molecular weight excluding hydrogens is 786 g/mol. The van der Waals surface area contributed by atoms with Crippen molar-refractivity contribution in [2.24, 2.45) is 0 Å². The second-order valence-electron chi connectivity index (χ2n) is 15.6. The first-order chi connectivity index (χ1) is 24.7. The van der Waals surface area contributed by atoms with Crippen LogP contribution in [0.5, 0.6) is 0 Å². The van der Waals surface area contributed by atoms with Gasteiger partial charge in [-0.25, -0.2) is 0 Å². The molecule has 6 fully saturated rings. The summed E-state index contributed by atoms with van der Waals surface area (Å²) < 4.78 is 46.5. The van der Waals surface area contributed by atoms with Gasteiger partial charge < -0.3 is 17.3 Å². The molecule has 3 nitrogen and oxygen atoms in total. The van der Waals surface area contributed by atoms with Crippen LogP contribution in [0.25, 0.3) is 0 Å². The molecule has 6 aliphatic rings. The summed E-state index contributed by atoms with van der Waals surface area (Å²) in [6.45, 7) is 7.36. The Labute approximate surface area is 332 Å². The van der Waals surface area contributed by atoms with Crippen molar-refractivity contribution in [3.05, 3.63) is 6.65 Å². The van der Waals surface area contributed by atoms with Gasteiger partial charge in [-0.1, -0.05) is 131 Å². The first-order valence-corrected chi connectivity index (χ1v) is 24.1. The molecule has 0 amide bonds. The minimum absolute atomic E-state index is 0. The summed E-state index contributed by atoms with van der Waals surface area (Å²) in [5.74, 6) is 0. The number of nitrogens with zero attached hydrogens (tertiary/aromatic N) is 2. The smallest absolute Gasteiger partial charge is 1.00 e.